The first-order valence-corrected chi connectivity index (χ1v) is 9.36. The molecule has 1 saturated heterocycles. The minimum atomic E-state index is 0.154. The molecule has 1 fully saturated rings. The minimum Gasteiger partial charge on any atom is -0.379 e. The van der Waals surface area contributed by atoms with Crippen molar-refractivity contribution in [3.63, 3.8) is 0 Å². The molecule has 0 bridgehead atoms. The summed E-state index contributed by atoms with van der Waals surface area (Å²) in [6, 6.07) is 8.75. The van der Waals surface area contributed by atoms with Crippen LogP contribution < -0.4 is 5.32 Å². The van der Waals surface area contributed by atoms with Gasteiger partial charge in [0.15, 0.2) is 0 Å². The Hall–Kier alpha value is -1.43. The van der Waals surface area contributed by atoms with Crippen LogP contribution in [0.25, 0.3) is 0 Å². The average molecular weight is 348 g/mol. The summed E-state index contributed by atoms with van der Waals surface area (Å²) in [5.74, 6) is 0.154. The van der Waals surface area contributed by atoms with Crippen LogP contribution in [0.3, 0.4) is 0 Å². The summed E-state index contributed by atoms with van der Waals surface area (Å²) in [5.41, 5.74) is 2.49. The molecule has 1 heterocycles. The molecule has 1 unspecified atom stereocenters. The quantitative estimate of drug-likeness (QED) is 0.696. The molecule has 0 spiro atoms. The van der Waals surface area contributed by atoms with Crippen molar-refractivity contribution >= 4 is 5.91 Å². The van der Waals surface area contributed by atoms with E-state index in [0.717, 1.165) is 45.7 Å². The maximum Gasteiger partial charge on any atom is 0.220 e. The van der Waals surface area contributed by atoms with Crippen molar-refractivity contribution in [1.82, 2.24) is 15.1 Å². The van der Waals surface area contributed by atoms with Crippen molar-refractivity contribution in [3.05, 3.63) is 35.4 Å². The zero-order chi connectivity index (χ0) is 18.1. The predicted octanol–water partition coefficient (Wildman–Crippen LogP) is 2.22. The van der Waals surface area contributed by atoms with Gasteiger partial charge in [0.1, 0.15) is 0 Å². The van der Waals surface area contributed by atoms with Gasteiger partial charge in [-0.2, -0.15) is 0 Å². The standard InChI is InChI=1S/C20H33N3O2/c1-17-7-9-18(10-8-17)19(22(2)3)16-21-20(24)6-4-5-11-23-12-14-25-15-13-23/h7-10,19H,4-6,11-16H2,1-3H3,(H,21,24). The average Bonchev–Trinajstić information content (AvgIpc) is 2.61. The summed E-state index contributed by atoms with van der Waals surface area (Å²) in [6.45, 7) is 7.53. The van der Waals surface area contributed by atoms with Gasteiger partial charge in [-0.1, -0.05) is 29.8 Å². The molecule has 140 valence electrons. The first kappa shape index (κ1) is 19.9. The van der Waals surface area contributed by atoms with Crippen LogP contribution >= 0.6 is 0 Å². The molecule has 1 N–H and O–H groups in total. The number of amides is 1. The molecule has 5 heteroatoms. The lowest BCUT2D eigenvalue weighted by Crippen LogP contribution is -2.37. The number of nitrogens with zero attached hydrogens (tertiary/aromatic N) is 2. The number of rotatable bonds is 9. The van der Waals surface area contributed by atoms with E-state index in [0.29, 0.717) is 13.0 Å². The number of aryl methyl sites for hydroxylation is 1. The van der Waals surface area contributed by atoms with Crippen LogP contribution in [0.5, 0.6) is 0 Å². The number of morpholine rings is 1. The molecule has 1 aromatic carbocycles. The predicted molar refractivity (Wildman–Crippen MR) is 102 cm³/mol. The van der Waals surface area contributed by atoms with Gasteiger partial charge in [0.2, 0.25) is 5.91 Å². The van der Waals surface area contributed by atoms with E-state index in [1.54, 1.807) is 0 Å². The largest absolute Gasteiger partial charge is 0.379 e. The monoisotopic (exact) mass is 347 g/mol. The molecule has 1 aliphatic rings. The fraction of sp³-hybridized carbons (Fsp3) is 0.650. The molecule has 1 amide bonds. The van der Waals surface area contributed by atoms with Gasteiger partial charge in [-0.05, 0) is 46.0 Å². The number of ether oxygens (including phenoxy) is 1. The molecule has 5 nitrogen and oxygen atoms in total. The fourth-order valence-corrected chi connectivity index (χ4v) is 3.13. The van der Waals surface area contributed by atoms with Crippen molar-refractivity contribution in [2.75, 3.05) is 53.5 Å². The molecule has 25 heavy (non-hydrogen) atoms. The Kier molecular flexibility index (Phi) is 8.38. The molecule has 0 aromatic heterocycles. The molecule has 0 radical (unpaired) electrons. The van der Waals surface area contributed by atoms with Gasteiger partial charge >= 0.3 is 0 Å². The molecule has 0 saturated carbocycles. The van der Waals surface area contributed by atoms with Crippen LogP contribution in [-0.4, -0.2) is 69.2 Å². The highest BCUT2D eigenvalue weighted by molar-refractivity contribution is 5.75. The molecule has 0 aliphatic carbocycles. The fourth-order valence-electron chi connectivity index (χ4n) is 3.13. The number of carbonyl (C=O) groups is 1. The maximum atomic E-state index is 12.1. The summed E-state index contributed by atoms with van der Waals surface area (Å²) < 4.78 is 5.35. The Morgan fingerprint density at radius 3 is 2.52 bits per heavy atom. The third-order valence-electron chi connectivity index (χ3n) is 4.81. The highest BCUT2D eigenvalue weighted by atomic mass is 16.5. The van der Waals surface area contributed by atoms with Crippen LogP contribution in [0.1, 0.15) is 36.4 Å². The number of likely N-dealkylation sites (N-methyl/N-ethyl adjacent to an activating group) is 1. The second-order valence-corrected chi connectivity index (χ2v) is 7.11. The Labute approximate surface area is 152 Å². The topological polar surface area (TPSA) is 44.8 Å². The van der Waals surface area contributed by atoms with Gasteiger partial charge in [-0.15, -0.1) is 0 Å². The SMILES string of the molecule is Cc1ccc(C(CNC(=O)CCCCN2CCOCC2)N(C)C)cc1. The minimum absolute atomic E-state index is 0.154. The van der Waals surface area contributed by atoms with E-state index in [2.05, 4.69) is 60.4 Å². The third kappa shape index (κ3) is 7.14. The van der Waals surface area contributed by atoms with Crippen molar-refractivity contribution in [1.29, 1.82) is 0 Å². The lowest BCUT2D eigenvalue weighted by molar-refractivity contribution is -0.121. The van der Waals surface area contributed by atoms with Crippen molar-refractivity contribution in [2.45, 2.75) is 32.2 Å². The van der Waals surface area contributed by atoms with Gasteiger partial charge in [0, 0.05) is 26.1 Å². The number of carbonyl (C=O) groups excluding carboxylic acids is 1. The van der Waals surface area contributed by atoms with E-state index < -0.39 is 0 Å². The molecule has 2 rings (SSSR count). The van der Waals surface area contributed by atoms with Gasteiger partial charge < -0.3 is 15.0 Å². The van der Waals surface area contributed by atoms with E-state index in [1.807, 2.05) is 0 Å². The van der Waals surface area contributed by atoms with Crippen molar-refractivity contribution in [2.24, 2.45) is 0 Å². The van der Waals surface area contributed by atoms with E-state index >= 15 is 0 Å². The Morgan fingerprint density at radius 1 is 1.20 bits per heavy atom. The van der Waals surface area contributed by atoms with Gasteiger partial charge in [-0.3, -0.25) is 9.69 Å². The van der Waals surface area contributed by atoms with Crippen LogP contribution in [0.15, 0.2) is 24.3 Å². The normalized spacial score (nSPS) is 16.8. The summed E-state index contributed by atoms with van der Waals surface area (Å²) in [5, 5.41) is 3.10. The van der Waals surface area contributed by atoms with E-state index in [4.69, 9.17) is 4.74 Å². The lowest BCUT2D eigenvalue weighted by Gasteiger charge is -2.26. The van der Waals surface area contributed by atoms with Crippen LogP contribution in [0, 0.1) is 6.92 Å². The van der Waals surface area contributed by atoms with Crippen molar-refractivity contribution in [3.8, 4) is 0 Å². The van der Waals surface area contributed by atoms with Gasteiger partial charge in [0.05, 0.1) is 19.3 Å². The summed E-state index contributed by atoms with van der Waals surface area (Å²) >= 11 is 0. The summed E-state index contributed by atoms with van der Waals surface area (Å²) in [6.07, 6.45) is 2.63. The van der Waals surface area contributed by atoms with Gasteiger partial charge in [-0.25, -0.2) is 0 Å². The Bertz CT molecular complexity index is 510. The van der Waals surface area contributed by atoms with Crippen LogP contribution in [-0.2, 0) is 9.53 Å². The zero-order valence-corrected chi connectivity index (χ0v) is 16.0. The van der Waals surface area contributed by atoms with E-state index in [-0.39, 0.29) is 11.9 Å². The number of hydrogen-bond donors (Lipinski definition) is 1. The second-order valence-electron chi connectivity index (χ2n) is 7.11. The van der Waals surface area contributed by atoms with E-state index in [1.165, 1.54) is 11.1 Å². The smallest absolute Gasteiger partial charge is 0.220 e. The Morgan fingerprint density at radius 2 is 1.88 bits per heavy atom. The van der Waals surface area contributed by atoms with Crippen molar-refractivity contribution < 1.29 is 9.53 Å². The molecule has 1 atom stereocenters. The number of benzene rings is 1. The number of unbranched alkanes of at least 4 members (excludes halogenated alkanes) is 1. The summed E-state index contributed by atoms with van der Waals surface area (Å²) in [7, 11) is 4.11. The molecule has 1 aromatic rings. The van der Waals surface area contributed by atoms with Gasteiger partial charge in [0.25, 0.3) is 0 Å². The number of hydrogen-bond acceptors (Lipinski definition) is 4. The summed E-state index contributed by atoms with van der Waals surface area (Å²) in [4.78, 5) is 16.7. The van der Waals surface area contributed by atoms with Crippen LogP contribution in [0.4, 0.5) is 0 Å². The highest BCUT2D eigenvalue weighted by Gasteiger charge is 2.15. The molecular weight excluding hydrogens is 314 g/mol. The zero-order valence-electron chi connectivity index (χ0n) is 16.0. The van der Waals surface area contributed by atoms with Crippen LogP contribution in [0.2, 0.25) is 0 Å². The first-order chi connectivity index (χ1) is 12.1. The Balaban J connectivity index is 1.67. The second kappa shape index (κ2) is 10.5. The third-order valence-corrected chi connectivity index (χ3v) is 4.81. The first-order valence-electron chi connectivity index (χ1n) is 9.36. The molecule has 1 aliphatic heterocycles. The lowest BCUT2D eigenvalue weighted by atomic mass is 10.0. The molecular formula is C20H33N3O2. The number of nitrogens with one attached hydrogen (secondary N) is 1. The maximum absolute atomic E-state index is 12.1. The van der Waals surface area contributed by atoms with E-state index in [9.17, 15) is 4.79 Å². The highest BCUT2D eigenvalue weighted by Crippen LogP contribution is 2.18.